The van der Waals surface area contributed by atoms with Crippen LogP contribution in [0.3, 0.4) is 0 Å². The van der Waals surface area contributed by atoms with Crippen LogP contribution in [0.1, 0.15) is 32.0 Å². The highest BCUT2D eigenvalue weighted by Gasteiger charge is 2.36. The highest BCUT2D eigenvalue weighted by Crippen LogP contribution is 2.34. The fourth-order valence-electron chi connectivity index (χ4n) is 2.19. The van der Waals surface area contributed by atoms with E-state index in [0.717, 1.165) is 31.6 Å². The Hall–Kier alpha value is -1.16. The third kappa shape index (κ3) is 2.94. The van der Waals surface area contributed by atoms with Gasteiger partial charge in [-0.2, -0.15) is 0 Å². The minimum Gasteiger partial charge on any atom is -0.373 e. The summed E-state index contributed by atoms with van der Waals surface area (Å²) in [5.74, 6) is 1.47. The molecule has 1 aromatic rings. The van der Waals surface area contributed by atoms with Crippen LogP contribution in [0.4, 0.5) is 0 Å². The van der Waals surface area contributed by atoms with E-state index < -0.39 is 0 Å². The number of hydrogen-bond donors (Lipinski definition) is 0. The molecule has 0 spiro atoms. The second kappa shape index (κ2) is 5.45. The first-order valence-electron chi connectivity index (χ1n) is 6.31. The van der Waals surface area contributed by atoms with Gasteiger partial charge < -0.3 is 9.30 Å². The van der Waals surface area contributed by atoms with Gasteiger partial charge in [0.05, 0.1) is 6.42 Å². The van der Waals surface area contributed by atoms with Gasteiger partial charge in [0.1, 0.15) is 11.9 Å². The summed E-state index contributed by atoms with van der Waals surface area (Å²) in [7, 11) is 1.62. The number of aromatic nitrogens is 2. The van der Waals surface area contributed by atoms with Crippen molar-refractivity contribution in [2.45, 2.75) is 45.3 Å². The number of carbonyl (C=O) groups is 1. The van der Waals surface area contributed by atoms with Crippen molar-refractivity contribution >= 4 is 5.78 Å². The Morgan fingerprint density at radius 1 is 1.65 bits per heavy atom. The molecule has 0 radical (unpaired) electrons. The van der Waals surface area contributed by atoms with Crippen molar-refractivity contribution in [2.75, 3.05) is 7.11 Å². The van der Waals surface area contributed by atoms with Gasteiger partial charge in [-0.1, -0.05) is 6.92 Å². The molecule has 0 saturated heterocycles. The van der Waals surface area contributed by atoms with Gasteiger partial charge in [0.2, 0.25) is 0 Å². The SMILES string of the molecule is CCCn1ccnc1CC(=O)C(OC)C1CC1. The predicted octanol–water partition coefficient (Wildman–Crippen LogP) is 1.83. The molecule has 0 N–H and O–H groups in total. The predicted molar refractivity (Wildman–Crippen MR) is 64.8 cm³/mol. The van der Waals surface area contributed by atoms with Gasteiger partial charge in [0.15, 0.2) is 5.78 Å². The lowest BCUT2D eigenvalue weighted by atomic mass is 10.1. The van der Waals surface area contributed by atoms with Crippen LogP contribution in [-0.4, -0.2) is 28.5 Å². The van der Waals surface area contributed by atoms with Gasteiger partial charge in [-0.25, -0.2) is 4.98 Å². The Bertz CT molecular complexity index is 383. The van der Waals surface area contributed by atoms with E-state index in [9.17, 15) is 4.79 Å². The second-order valence-corrected chi connectivity index (χ2v) is 4.67. The minimum atomic E-state index is -0.221. The van der Waals surface area contributed by atoms with E-state index in [-0.39, 0.29) is 11.9 Å². The zero-order chi connectivity index (χ0) is 12.3. The van der Waals surface area contributed by atoms with E-state index in [2.05, 4.69) is 16.5 Å². The van der Waals surface area contributed by atoms with Crippen LogP contribution in [0.5, 0.6) is 0 Å². The molecular formula is C13H20N2O2. The molecule has 0 amide bonds. The first-order valence-corrected chi connectivity index (χ1v) is 6.31. The molecule has 1 unspecified atom stereocenters. The highest BCUT2D eigenvalue weighted by molar-refractivity contribution is 5.85. The standard InChI is InChI=1S/C13H20N2O2/c1-3-7-15-8-6-14-12(15)9-11(16)13(17-2)10-4-5-10/h6,8,10,13H,3-5,7,9H2,1-2H3. The number of rotatable bonds is 7. The normalized spacial score (nSPS) is 17.1. The van der Waals surface area contributed by atoms with E-state index in [4.69, 9.17) is 4.74 Å². The molecule has 1 aromatic heterocycles. The summed E-state index contributed by atoms with van der Waals surface area (Å²) in [5.41, 5.74) is 0. The van der Waals surface area contributed by atoms with Crippen LogP contribution in [0.25, 0.3) is 0 Å². The average molecular weight is 236 g/mol. The van der Waals surface area contributed by atoms with Crippen LogP contribution in [0, 0.1) is 5.92 Å². The van der Waals surface area contributed by atoms with E-state index in [0.29, 0.717) is 12.3 Å². The van der Waals surface area contributed by atoms with Crippen molar-refractivity contribution in [1.29, 1.82) is 0 Å². The topological polar surface area (TPSA) is 44.1 Å². The molecule has 1 aliphatic carbocycles. The molecule has 4 heteroatoms. The smallest absolute Gasteiger partial charge is 0.169 e. The van der Waals surface area contributed by atoms with Gasteiger partial charge in [-0.05, 0) is 25.2 Å². The summed E-state index contributed by atoms with van der Waals surface area (Å²) in [4.78, 5) is 16.4. The van der Waals surface area contributed by atoms with Crippen molar-refractivity contribution in [2.24, 2.45) is 5.92 Å². The van der Waals surface area contributed by atoms with Crippen molar-refractivity contribution in [1.82, 2.24) is 9.55 Å². The van der Waals surface area contributed by atoms with Crippen LogP contribution < -0.4 is 0 Å². The number of imidazole rings is 1. The van der Waals surface area contributed by atoms with E-state index in [1.807, 2.05) is 6.20 Å². The third-order valence-corrected chi connectivity index (χ3v) is 3.22. The summed E-state index contributed by atoms with van der Waals surface area (Å²) in [6.07, 6.45) is 7.15. The number of aryl methyl sites for hydroxylation is 1. The number of hydrogen-bond acceptors (Lipinski definition) is 3. The number of ketones is 1. The van der Waals surface area contributed by atoms with E-state index >= 15 is 0 Å². The fourth-order valence-corrected chi connectivity index (χ4v) is 2.19. The van der Waals surface area contributed by atoms with Crippen molar-refractivity contribution < 1.29 is 9.53 Å². The molecule has 2 rings (SSSR count). The number of Topliss-reactive ketones (excluding diaryl/α,β-unsaturated/α-hetero) is 1. The monoisotopic (exact) mass is 236 g/mol. The lowest BCUT2D eigenvalue weighted by Gasteiger charge is -2.13. The van der Waals surface area contributed by atoms with Crippen molar-refractivity contribution in [3.63, 3.8) is 0 Å². The Balaban J connectivity index is 1.98. The number of carbonyl (C=O) groups excluding carboxylic acids is 1. The van der Waals surface area contributed by atoms with E-state index in [1.165, 1.54) is 0 Å². The maximum atomic E-state index is 12.1. The number of methoxy groups -OCH3 is 1. The fraction of sp³-hybridized carbons (Fsp3) is 0.692. The Morgan fingerprint density at radius 3 is 3.00 bits per heavy atom. The molecule has 1 saturated carbocycles. The quantitative estimate of drug-likeness (QED) is 0.725. The van der Waals surface area contributed by atoms with Crippen LogP contribution >= 0.6 is 0 Å². The molecule has 0 bridgehead atoms. The summed E-state index contributed by atoms with van der Waals surface area (Å²) in [6.45, 7) is 3.04. The summed E-state index contributed by atoms with van der Waals surface area (Å²) in [6, 6.07) is 0. The van der Waals surface area contributed by atoms with Gasteiger partial charge in [-0.3, -0.25) is 4.79 Å². The Labute approximate surface area is 102 Å². The first-order chi connectivity index (χ1) is 8.26. The molecule has 0 aliphatic heterocycles. The number of nitrogens with zero attached hydrogens (tertiary/aromatic N) is 2. The van der Waals surface area contributed by atoms with Crippen LogP contribution in [0.2, 0.25) is 0 Å². The van der Waals surface area contributed by atoms with Crippen LogP contribution in [0.15, 0.2) is 12.4 Å². The molecular weight excluding hydrogens is 216 g/mol. The minimum absolute atomic E-state index is 0.165. The first kappa shape index (κ1) is 12.3. The zero-order valence-electron chi connectivity index (χ0n) is 10.6. The largest absolute Gasteiger partial charge is 0.373 e. The zero-order valence-corrected chi connectivity index (χ0v) is 10.6. The summed E-state index contributed by atoms with van der Waals surface area (Å²) >= 11 is 0. The van der Waals surface area contributed by atoms with Crippen molar-refractivity contribution in [3.05, 3.63) is 18.2 Å². The molecule has 94 valence electrons. The second-order valence-electron chi connectivity index (χ2n) is 4.67. The summed E-state index contributed by atoms with van der Waals surface area (Å²) in [5, 5.41) is 0. The average Bonchev–Trinajstić information content (AvgIpc) is 3.04. The molecule has 1 heterocycles. The highest BCUT2D eigenvalue weighted by atomic mass is 16.5. The van der Waals surface area contributed by atoms with Gasteiger partial charge >= 0.3 is 0 Å². The van der Waals surface area contributed by atoms with Crippen molar-refractivity contribution in [3.8, 4) is 0 Å². The lowest BCUT2D eigenvalue weighted by molar-refractivity contribution is -0.129. The number of ether oxygens (including phenoxy) is 1. The molecule has 0 aromatic carbocycles. The molecule has 1 aliphatic rings. The maximum Gasteiger partial charge on any atom is 0.169 e. The lowest BCUT2D eigenvalue weighted by Crippen LogP contribution is -2.27. The molecule has 17 heavy (non-hydrogen) atoms. The summed E-state index contributed by atoms with van der Waals surface area (Å²) < 4.78 is 7.35. The Morgan fingerprint density at radius 2 is 2.41 bits per heavy atom. The molecule has 4 nitrogen and oxygen atoms in total. The molecule has 1 atom stereocenters. The third-order valence-electron chi connectivity index (χ3n) is 3.22. The van der Waals surface area contributed by atoms with Crippen LogP contribution in [-0.2, 0) is 22.5 Å². The van der Waals surface area contributed by atoms with Gasteiger partial charge in [-0.15, -0.1) is 0 Å². The maximum absolute atomic E-state index is 12.1. The van der Waals surface area contributed by atoms with Gasteiger partial charge in [0, 0.05) is 26.0 Å². The Kier molecular flexibility index (Phi) is 3.94. The molecule has 1 fully saturated rings. The van der Waals surface area contributed by atoms with E-state index in [1.54, 1.807) is 13.3 Å². The van der Waals surface area contributed by atoms with Gasteiger partial charge in [0.25, 0.3) is 0 Å².